The van der Waals surface area contributed by atoms with Gasteiger partial charge < -0.3 is 20.5 Å². The maximum Gasteiger partial charge on any atom is 0.237 e. The molecular weight excluding hydrogens is 382 g/mol. The van der Waals surface area contributed by atoms with Gasteiger partial charge in [0.2, 0.25) is 11.8 Å². The average molecular weight is 412 g/mol. The Balaban J connectivity index is 1.68. The third kappa shape index (κ3) is 6.05. The molecule has 1 saturated heterocycles. The third-order valence-electron chi connectivity index (χ3n) is 4.96. The number of aliphatic hydroxyl groups excluding tert-OH is 1. The molecule has 0 spiro atoms. The van der Waals surface area contributed by atoms with Gasteiger partial charge in [0.25, 0.3) is 0 Å². The molecule has 2 amide bonds. The summed E-state index contributed by atoms with van der Waals surface area (Å²) in [5, 5.41) is 15.0. The number of carbonyl (C=O) groups excluding carboxylic acids is 2. The van der Waals surface area contributed by atoms with Crippen LogP contribution in [0.3, 0.4) is 0 Å². The molecule has 7 nitrogen and oxygen atoms in total. The largest absolute Gasteiger partial charge is 0.457 e. The zero-order valence-corrected chi connectivity index (χ0v) is 17.4. The molecule has 1 aliphatic rings. The van der Waals surface area contributed by atoms with Gasteiger partial charge in [0.05, 0.1) is 24.6 Å². The molecule has 1 aliphatic heterocycles. The lowest BCUT2D eigenvalue weighted by Crippen LogP contribution is -2.57. The van der Waals surface area contributed by atoms with Crippen molar-refractivity contribution >= 4 is 11.8 Å². The zero-order chi connectivity index (χ0) is 21.6. The fraction of sp³-hybridized carbons (Fsp3) is 0.391. The standard InChI is InChI=1S/C23H29N3O4/c1-23(2,16-27)25-21(28)14-20-22(29)24-11-12-26(20)15-17-7-6-10-19(13-17)30-18-8-4-3-5-9-18/h3-10,13,20,27H,11-12,14-16H2,1-2H3,(H,24,29)(H,25,28)/t20-/m0/s1. The fourth-order valence-corrected chi connectivity index (χ4v) is 3.38. The topological polar surface area (TPSA) is 90.9 Å². The Kier molecular flexibility index (Phi) is 7.07. The number of carbonyl (C=O) groups is 2. The van der Waals surface area contributed by atoms with Crippen molar-refractivity contribution in [1.29, 1.82) is 0 Å². The molecule has 2 aromatic carbocycles. The van der Waals surface area contributed by atoms with Crippen LogP contribution in [0, 0.1) is 0 Å². The maximum atomic E-state index is 12.5. The van der Waals surface area contributed by atoms with Gasteiger partial charge in [0.1, 0.15) is 11.5 Å². The number of hydrogen-bond acceptors (Lipinski definition) is 5. The number of nitrogens with zero attached hydrogens (tertiary/aromatic N) is 1. The van der Waals surface area contributed by atoms with E-state index in [-0.39, 0.29) is 24.8 Å². The molecule has 7 heteroatoms. The van der Waals surface area contributed by atoms with E-state index in [0.717, 1.165) is 17.1 Å². The Bertz CT molecular complexity index is 870. The molecule has 30 heavy (non-hydrogen) atoms. The Labute approximate surface area is 177 Å². The second kappa shape index (κ2) is 9.73. The molecule has 0 unspecified atom stereocenters. The van der Waals surface area contributed by atoms with Gasteiger partial charge in [-0.1, -0.05) is 30.3 Å². The average Bonchev–Trinajstić information content (AvgIpc) is 2.71. The van der Waals surface area contributed by atoms with Gasteiger partial charge in [-0.25, -0.2) is 0 Å². The van der Waals surface area contributed by atoms with Gasteiger partial charge in [-0.3, -0.25) is 14.5 Å². The molecule has 0 radical (unpaired) electrons. The van der Waals surface area contributed by atoms with E-state index >= 15 is 0 Å². The molecule has 0 bridgehead atoms. The number of benzene rings is 2. The van der Waals surface area contributed by atoms with Gasteiger partial charge in [-0.05, 0) is 43.7 Å². The van der Waals surface area contributed by atoms with E-state index in [4.69, 9.17) is 4.74 Å². The Hall–Kier alpha value is -2.90. The summed E-state index contributed by atoms with van der Waals surface area (Å²) < 4.78 is 5.90. The van der Waals surface area contributed by atoms with Crippen LogP contribution in [0.15, 0.2) is 54.6 Å². The molecule has 3 rings (SSSR count). The fourth-order valence-electron chi connectivity index (χ4n) is 3.38. The number of piperazine rings is 1. The van der Waals surface area contributed by atoms with E-state index in [1.165, 1.54) is 0 Å². The van der Waals surface area contributed by atoms with Crippen molar-refractivity contribution in [3.8, 4) is 11.5 Å². The minimum atomic E-state index is -0.726. The summed E-state index contributed by atoms with van der Waals surface area (Å²) in [5.74, 6) is 1.06. The first-order valence-electron chi connectivity index (χ1n) is 10.1. The van der Waals surface area contributed by atoms with Gasteiger partial charge in [-0.2, -0.15) is 0 Å². The molecule has 3 N–H and O–H groups in total. The van der Waals surface area contributed by atoms with Crippen molar-refractivity contribution in [1.82, 2.24) is 15.5 Å². The first-order valence-corrected chi connectivity index (χ1v) is 10.1. The number of amides is 2. The van der Waals surface area contributed by atoms with Crippen LogP contribution < -0.4 is 15.4 Å². The van der Waals surface area contributed by atoms with Crippen molar-refractivity contribution in [3.63, 3.8) is 0 Å². The minimum absolute atomic E-state index is 0.0372. The predicted molar refractivity (Wildman–Crippen MR) is 114 cm³/mol. The Morgan fingerprint density at radius 3 is 2.67 bits per heavy atom. The predicted octanol–water partition coefficient (Wildman–Crippen LogP) is 2.06. The molecule has 0 aromatic heterocycles. The van der Waals surface area contributed by atoms with Crippen LogP contribution in [0.5, 0.6) is 11.5 Å². The van der Waals surface area contributed by atoms with Crippen LogP contribution in [0.2, 0.25) is 0 Å². The maximum absolute atomic E-state index is 12.5. The smallest absolute Gasteiger partial charge is 0.237 e. The first kappa shape index (κ1) is 21.8. The van der Waals surface area contributed by atoms with E-state index in [1.807, 2.05) is 59.5 Å². The lowest BCUT2D eigenvalue weighted by molar-refractivity contribution is -0.135. The highest BCUT2D eigenvalue weighted by molar-refractivity contribution is 5.89. The number of para-hydroxylation sites is 1. The summed E-state index contributed by atoms with van der Waals surface area (Å²) >= 11 is 0. The van der Waals surface area contributed by atoms with Crippen LogP contribution in [0.1, 0.15) is 25.8 Å². The highest BCUT2D eigenvalue weighted by Crippen LogP contribution is 2.23. The molecule has 0 saturated carbocycles. The minimum Gasteiger partial charge on any atom is -0.457 e. The molecule has 160 valence electrons. The summed E-state index contributed by atoms with van der Waals surface area (Å²) in [6.45, 7) is 5.02. The molecule has 0 aliphatic carbocycles. The van der Waals surface area contributed by atoms with Gasteiger partial charge in [-0.15, -0.1) is 0 Å². The SMILES string of the molecule is CC(C)(CO)NC(=O)C[C@H]1C(=O)NCCN1Cc1cccc(Oc2ccccc2)c1. The molecule has 2 aromatic rings. The van der Waals surface area contributed by atoms with Gasteiger partial charge in [0.15, 0.2) is 0 Å². The lowest BCUT2D eigenvalue weighted by Gasteiger charge is -2.35. The highest BCUT2D eigenvalue weighted by atomic mass is 16.5. The van der Waals surface area contributed by atoms with Crippen LogP contribution in [0.25, 0.3) is 0 Å². The first-order chi connectivity index (χ1) is 14.4. The van der Waals surface area contributed by atoms with E-state index in [9.17, 15) is 14.7 Å². The van der Waals surface area contributed by atoms with Crippen molar-refractivity contribution in [2.24, 2.45) is 0 Å². The lowest BCUT2D eigenvalue weighted by atomic mass is 10.0. The Morgan fingerprint density at radius 1 is 1.20 bits per heavy atom. The second-order valence-electron chi connectivity index (χ2n) is 8.13. The number of rotatable bonds is 8. The Morgan fingerprint density at radius 2 is 1.93 bits per heavy atom. The highest BCUT2D eigenvalue weighted by Gasteiger charge is 2.32. The van der Waals surface area contributed by atoms with Crippen molar-refractivity contribution in [2.45, 2.75) is 38.4 Å². The van der Waals surface area contributed by atoms with E-state index in [0.29, 0.717) is 19.6 Å². The summed E-state index contributed by atoms with van der Waals surface area (Å²) in [4.78, 5) is 26.9. The van der Waals surface area contributed by atoms with Crippen LogP contribution in [-0.4, -0.2) is 53.1 Å². The van der Waals surface area contributed by atoms with E-state index in [2.05, 4.69) is 10.6 Å². The van der Waals surface area contributed by atoms with Crippen LogP contribution in [-0.2, 0) is 16.1 Å². The number of aliphatic hydroxyl groups is 1. The molecular formula is C23H29N3O4. The zero-order valence-electron chi connectivity index (χ0n) is 17.4. The molecule has 1 heterocycles. The molecule has 1 atom stereocenters. The summed E-state index contributed by atoms with van der Waals surface area (Å²) in [7, 11) is 0. The van der Waals surface area contributed by atoms with Gasteiger partial charge >= 0.3 is 0 Å². The van der Waals surface area contributed by atoms with E-state index in [1.54, 1.807) is 13.8 Å². The van der Waals surface area contributed by atoms with Crippen molar-refractivity contribution in [2.75, 3.05) is 19.7 Å². The van der Waals surface area contributed by atoms with Crippen LogP contribution >= 0.6 is 0 Å². The third-order valence-corrected chi connectivity index (χ3v) is 4.96. The number of hydrogen-bond donors (Lipinski definition) is 3. The number of nitrogens with one attached hydrogen (secondary N) is 2. The van der Waals surface area contributed by atoms with Crippen LogP contribution in [0.4, 0.5) is 0 Å². The van der Waals surface area contributed by atoms with Crippen molar-refractivity contribution < 1.29 is 19.4 Å². The summed E-state index contributed by atoms with van der Waals surface area (Å²) in [6.07, 6.45) is 0.0372. The monoisotopic (exact) mass is 411 g/mol. The summed E-state index contributed by atoms with van der Waals surface area (Å²) in [6, 6.07) is 16.7. The quantitative estimate of drug-likeness (QED) is 0.619. The van der Waals surface area contributed by atoms with E-state index < -0.39 is 11.6 Å². The second-order valence-corrected chi connectivity index (χ2v) is 8.13. The van der Waals surface area contributed by atoms with Crippen molar-refractivity contribution in [3.05, 3.63) is 60.2 Å². The summed E-state index contributed by atoms with van der Waals surface area (Å²) in [5.41, 5.74) is 0.273. The van der Waals surface area contributed by atoms with Gasteiger partial charge in [0, 0.05) is 19.6 Å². The molecule has 1 fully saturated rings. The number of ether oxygens (including phenoxy) is 1. The normalized spacial score (nSPS) is 17.3.